The van der Waals surface area contributed by atoms with Gasteiger partial charge in [-0.1, -0.05) is 12.1 Å². The summed E-state index contributed by atoms with van der Waals surface area (Å²) in [6.07, 6.45) is 1.46. The molecule has 4 aromatic rings. The molecule has 0 atom stereocenters. The van der Waals surface area contributed by atoms with Crippen molar-refractivity contribution in [3.05, 3.63) is 89.9 Å². The topological polar surface area (TPSA) is 91.4 Å². The third-order valence-electron chi connectivity index (χ3n) is 4.32. The fourth-order valence-electron chi connectivity index (χ4n) is 2.82. The number of rotatable bonds is 8. The molecule has 9 heteroatoms. The van der Waals surface area contributed by atoms with Gasteiger partial charge in [0.2, 0.25) is 5.95 Å². The van der Waals surface area contributed by atoms with Crippen molar-refractivity contribution in [3.63, 3.8) is 0 Å². The van der Waals surface area contributed by atoms with Crippen molar-refractivity contribution in [1.82, 2.24) is 14.8 Å². The Bertz CT molecular complexity index is 1170. The van der Waals surface area contributed by atoms with Gasteiger partial charge in [0.15, 0.2) is 5.76 Å². The fourth-order valence-corrected chi connectivity index (χ4v) is 2.82. The smallest absolute Gasteiger partial charge is 0.293 e. The van der Waals surface area contributed by atoms with Crippen LogP contribution < -0.4 is 14.8 Å². The average molecular weight is 422 g/mol. The maximum atomic E-state index is 13.3. The molecule has 0 aliphatic carbocycles. The van der Waals surface area contributed by atoms with E-state index in [2.05, 4.69) is 15.4 Å². The van der Waals surface area contributed by atoms with E-state index in [-0.39, 0.29) is 24.1 Å². The molecule has 2 aromatic heterocycles. The van der Waals surface area contributed by atoms with Crippen LogP contribution in [-0.2, 0) is 13.2 Å². The van der Waals surface area contributed by atoms with Crippen molar-refractivity contribution in [2.24, 2.45) is 0 Å². The van der Waals surface area contributed by atoms with Crippen molar-refractivity contribution >= 4 is 11.9 Å². The van der Waals surface area contributed by atoms with Gasteiger partial charge in [0.25, 0.3) is 5.91 Å². The van der Waals surface area contributed by atoms with Gasteiger partial charge in [-0.15, -0.1) is 5.10 Å². The van der Waals surface area contributed by atoms with Gasteiger partial charge in [0.05, 0.1) is 13.7 Å². The summed E-state index contributed by atoms with van der Waals surface area (Å²) in [4.78, 5) is 16.4. The van der Waals surface area contributed by atoms with E-state index in [0.717, 1.165) is 11.3 Å². The molecule has 1 N–H and O–H groups in total. The minimum absolute atomic E-state index is 0.106. The van der Waals surface area contributed by atoms with Crippen molar-refractivity contribution in [2.45, 2.75) is 13.2 Å². The molecule has 0 spiro atoms. The quantitative estimate of drug-likeness (QED) is 0.463. The number of carbonyl (C=O) groups excluding carboxylic acids is 1. The number of nitrogens with zero attached hydrogens (tertiary/aromatic N) is 3. The molecule has 2 aromatic carbocycles. The normalized spacial score (nSPS) is 10.6. The number of carbonyl (C=O) groups is 1. The van der Waals surface area contributed by atoms with E-state index in [0.29, 0.717) is 18.1 Å². The summed E-state index contributed by atoms with van der Waals surface area (Å²) in [5.41, 5.74) is 0.732. The zero-order valence-corrected chi connectivity index (χ0v) is 16.6. The monoisotopic (exact) mass is 422 g/mol. The molecule has 0 saturated heterocycles. The largest absolute Gasteiger partial charge is 0.497 e. The second-order valence-electron chi connectivity index (χ2n) is 6.58. The number of hydrogen-bond acceptors (Lipinski definition) is 6. The van der Waals surface area contributed by atoms with Crippen LogP contribution in [0.15, 0.2) is 71.4 Å². The van der Waals surface area contributed by atoms with E-state index in [4.69, 9.17) is 13.9 Å². The highest BCUT2D eigenvalue weighted by Gasteiger charge is 2.14. The summed E-state index contributed by atoms with van der Waals surface area (Å²) in [6, 6.07) is 16.5. The average Bonchev–Trinajstić information content (AvgIpc) is 3.42. The van der Waals surface area contributed by atoms with Gasteiger partial charge in [0, 0.05) is 0 Å². The van der Waals surface area contributed by atoms with Crippen LogP contribution in [0.25, 0.3) is 0 Å². The van der Waals surface area contributed by atoms with E-state index >= 15 is 0 Å². The van der Waals surface area contributed by atoms with Gasteiger partial charge < -0.3 is 13.9 Å². The predicted octanol–water partition coefficient (Wildman–Crippen LogP) is 3.90. The lowest BCUT2D eigenvalue weighted by Crippen LogP contribution is -2.12. The van der Waals surface area contributed by atoms with Gasteiger partial charge >= 0.3 is 0 Å². The third-order valence-corrected chi connectivity index (χ3v) is 4.32. The van der Waals surface area contributed by atoms with Crippen LogP contribution in [0, 0.1) is 5.82 Å². The van der Waals surface area contributed by atoms with Gasteiger partial charge in [-0.3, -0.25) is 10.1 Å². The van der Waals surface area contributed by atoms with Gasteiger partial charge in [-0.2, -0.15) is 0 Å². The molecule has 0 bridgehead atoms. The number of anilines is 1. The Kier molecular flexibility index (Phi) is 5.93. The highest BCUT2D eigenvalue weighted by Crippen LogP contribution is 2.19. The van der Waals surface area contributed by atoms with Crippen LogP contribution in [-0.4, -0.2) is 27.8 Å². The number of hydrogen-bond donors (Lipinski definition) is 1. The SMILES string of the molecule is COc1ccc(OCc2ccc(C(=O)Nc3ncn(Cc4cccc(F)c4)n3)o2)cc1. The molecule has 0 fully saturated rings. The number of nitrogens with one attached hydrogen (secondary N) is 1. The second kappa shape index (κ2) is 9.12. The lowest BCUT2D eigenvalue weighted by Gasteiger charge is -2.05. The van der Waals surface area contributed by atoms with Crippen LogP contribution in [0.4, 0.5) is 10.3 Å². The van der Waals surface area contributed by atoms with Crippen molar-refractivity contribution in [2.75, 3.05) is 12.4 Å². The van der Waals surface area contributed by atoms with Crippen LogP contribution >= 0.6 is 0 Å². The number of furan rings is 1. The van der Waals surface area contributed by atoms with Crippen molar-refractivity contribution in [1.29, 1.82) is 0 Å². The van der Waals surface area contributed by atoms with Crippen LogP contribution in [0.2, 0.25) is 0 Å². The molecule has 31 heavy (non-hydrogen) atoms. The van der Waals surface area contributed by atoms with Gasteiger partial charge in [-0.05, 0) is 54.1 Å². The number of halogens is 1. The van der Waals surface area contributed by atoms with E-state index in [9.17, 15) is 9.18 Å². The van der Waals surface area contributed by atoms with Crippen LogP contribution in [0.5, 0.6) is 11.5 Å². The minimum atomic E-state index is -0.487. The molecular weight excluding hydrogens is 403 g/mol. The summed E-state index contributed by atoms with van der Waals surface area (Å²) < 4.78 is 31.1. The molecule has 0 unspecified atom stereocenters. The Morgan fingerprint density at radius 1 is 1.13 bits per heavy atom. The van der Waals surface area contributed by atoms with Crippen molar-refractivity contribution in [3.8, 4) is 11.5 Å². The van der Waals surface area contributed by atoms with E-state index in [1.54, 1.807) is 55.6 Å². The molecule has 8 nitrogen and oxygen atoms in total. The molecule has 0 radical (unpaired) electrons. The predicted molar refractivity (Wildman–Crippen MR) is 110 cm³/mol. The molecule has 4 rings (SSSR count). The Hall–Kier alpha value is -4.14. The zero-order chi connectivity index (χ0) is 21.6. The van der Waals surface area contributed by atoms with Crippen molar-refractivity contribution < 1.29 is 23.1 Å². The molecule has 158 valence electrons. The molecule has 0 saturated carbocycles. The molecule has 2 heterocycles. The number of aromatic nitrogens is 3. The minimum Gasteiger partial charge on any atom is -0.497 e. The Morgan fingerprint density at radius 3 is 2.71 bits per heavy atom. The molecule has 1 amide bonds. The first-order valence-corrected chi connectivity index (χ1v) is 9.40. The zero-order valence-electron chi connectivity index (χ0n) is 16.6. The summed E-state index contributed by atoms with van der Waals surface area (Å²) in [7, 11) is 1.59. The number of benzene rings is 2. The maximum Gasteiger partial charge on any atom is 0.293 e. The summed E-state index contributed by atoms with van der Waals surface area (Å²) in [5, 5.41) is 6.74. The van der Waals surface area contributed by atoms with Crippen LogP contribution in [0.1, 0.15) is 21.9 Å². The summed E-state index contributed by atoms with van der Waals surface area (Å²) in [6.45, 7) is 0.494. The second-order valence-corrected chi connectivity index (χ2v) is 6.58. The Balaban J connectivity index is 1.32. The molecule has 0 aliphatic rings. The first kappa shape index (κ1) is 20.1. The first-order valence-electron chi connectivity index (χ1n) is 9.40. The van der Waals surface area contributed by atoms with Gasteiger partial charge in [0.1, 0.15) is 36.0 Å². The lowest BCUT2D eigenvalue weighted by atomic mass is 10.2. The molecule has 0 aliphatic heterocycles. The molecular formula is C22H19FN4O4. The first-order chi connectivity index (χ1) is 15.1. The fraction of sp³-hybridized carbons (Fsp3) is 0.136. The van der Waals surface area contributed by atoms with Gasteiger partial charge in [-0.25, -0.2) is 14.1 Å². The maximum absolute atomic E-state index is 13.3. The Labute approximate surface area is 177 Å². The van der Waals surface area contributed by atoms with E-state index < -0.39 is 5.91 Å². The van der Waals surface area contributed by atoms with E-state index in [1.165, 1.54) is 23.1 Å². The highest BCUT2D eigenvalue weighted by molar-refractivity contribution is 6.01. The summed E-state index contributed by atoms with van der Waals surface area (Å²) in [5.74, 6) is 1.29. The summed E-state index contributed by atoms with van der Waals surface area (Å²) >= 11 is 0. The Morgan fingerprint density at radius 2 is 1.94 bits per heavy atom. The number of ether oxygens (including phenoxy) is 2. The number of methoxy groups -OCH3 is 1. The lowest BCUT2D eigenvalue weighted by molar-refractivity contribution is 0.0991. The van der Waals surface area contributed by atoms with Crippen LogP contribution in [0.3, 0.4) is 0 Å². The standard InChI is InChI=1S/C22H19FN4O4/c1-29-17-5-7-18(8-6-17)30-13-19-9-10-20(31-19)21(28)25-22-24-14-27(26-22)12-15-3-2-4-16(23)11-15/h2-11,14H,12-13H2,1H3,(H,25,26,28). The number of amides is 1. The highest BCUT2D eigenvalue weighted by atomic mass is 19.1. The third kappa shape index (κ3) is 5.27. The van der Waals surface area contributed by atoms with E-state index in [1.807, 2.05) is 0 Å².